The molecular weight excluding hydrogens is 222 g/mol. The largest absolute Gasteiger partial charge is 0.395 e. The molecule has 1 atom stereocenters. The van der Waals surface area contributed by atoms with E-state index in [0.29, 0.717) is 6.04 Å². The molecule has 2 aliphatic rings. The Kier molecular flexibility index (Phi) is 3.67. The van der Waals surface area contributed by atoms with Crippen LogP contribution in [-0.2, 0) is 6.42 Å². The molecule has 3 rings (SSSR count). The van der Waals surface area contributed by atoms with E-state index in [4.69, 9.17) is 0 Å². The Morgan fingerprint density at radius 3 is 2.78 bits per heavy atom. The summed E-state index contributed by atoms with van der Waals surface area (Å²) in [4.78, 5) is 2.52. The Bertz CT molecular complexity index is 400. The standard InChI is InChI=1S/C16H23NO/c18-11-10-17(12-13-8-9-13)16-7-3-5-14-4-1-2-6-15(14)16/h1-2,4,6,13,16,18H,3,5,7-12H2. The minimum Gasteiger partial charge on any atom is -0.395 e. The zero-order chi connectivity index (χ0) is 12.4. The quantitative estimate of drug-likeness (QED) is 0.862. The fourth-order valence-corrected chi connectivity index (χ4v) is 3.24. The van der Waals surface area contributed by atoms with Crippen molar-refractivity contribution in [1.82, 2.24) is 4.90 Å². The highest BCUT2D eigenvalue weighted by molar-refractivity contribution is 5.32. The van der Waals surface area contributed by atoms with Crippen LogP contribution >= 0.6 is 0 Å². The van der Waals surface area contributed by atoms with Crippen molar-refractivity contribution < 1.29 is 5.11 Å². The lowest BCUT2D eigenvalue weighted by molar-refractivity contribution is 0.133. The number of hydrogen-bond donors (Lipinski definition) is 1. The first-order valence-electron chi connectivity index (χ1n) is 7.31. The van der Waals surface area contributed by atoms with Crippen LogP contribution in [0.1, 0.15) is 42.9 Å². The zero-order valence-corrected chi connectivity index (χ0v) is 11.0. The van der Waals surface area contributed by atoms with Crippen LogP contribution in [0.5, 0.6) is 0 Å². The summed E-state index contributed by atoms with van der Waals surface area (Å²) >= 11 is 0. The van der Waals surface area contributed by atoms with Gasteiger partial charge in [0.2, 0.25) is 0 Å². The fraction of sp³-hybridized carbons (Fsp3) is 0.625. The van der Waals surface area contributed by atoms with Crippen LogP contribution in [-0.4, -0.2) is 29.7 Å². The SMILES string of the molecule is OCCN(CC1CC1)C1CCCc2ccccc21. The van der Waals surface area contributed by atoms with Gasteiger partial charge in [-0.3, -0.25) is 4.90 Å². The smallest absolute Gasteiger partial charge is 0.0558 e. The monoisotopic (exact) mass is 245 g/mol. The molecule has 0 heterocycles. The Labute approximate surface area is 110 Å². The zero-order valence-electron chi connectivity index (χ0n) is 11.0. The first-order chi connectivity index (χ1) is 8.88. The number of hydrogen-bond acceptors (Lipinski definition) is 2. The van der Waals surface area contributed by atoms with Gasteiger partial charge in [-0.25, -0.2) is 0 Å². The number of nitrogens with zero attached hydrogens (tertiary/aromatic N) is 1. The van der Waals surface area contributed by atoms with Gasteiger partial charge >= 0.3 is 0 Å². The minimum absolute atomic E-state index is 0.283. The summed E-state index contributed by atoms with van der Waals surface area (Å²) in [5.74, 6) is 0.894. The van der Waals surface area contributed by atoms with Crippen LogP contribution in [0.2, 0.25) is 0 Å². The van der Waals surface area contributed by atoms with E-state index in [1.807, 2.05) is 0 Å². The Morgan fingerprint density at radius 2 is 2.00 bits per heavy atom. The summed E-state index contributed by atoms with van der Waals surface area (Å²) in [5.41, 5.74) is 3.03. The van der Waals surface area contributed by atoms with E-state index in [1.54, 1.807) is 0 Å². The van der Waals surface area contributed by atoms with Crippen molar-refractivity contribution in [3.8, 4) is 0 Å². The molecule has 2 nitrogen and oxygen atoms in total. The predicted molar refractivity (Wildman–Crippen MR) is 73.5 cm³/mol. The lowest BCUT2D eigenvalue weighted by Crippen LogP contribution is -2.35. The molecule has 0 saturated heterocycles. The van der Waals surface area contributed by atoms with Gasteiger partial charge < -0.3 is 5.11 Å². The summed E-state index contributed by atoms with van der Waals surface area (Å²) < 4.78 is 0. The van der Waals surface area contributed by atoms with Gasteiger partial charge in [0, 0.05) is 19.1 Å². The van der Waals surface area contributed by atoms with Crippen molar-refractivity contribution in [3.05, 3.63) is 35.4 Å². The molecule has 1 N–H and O–H groups in total. The molecule has 0 radical (unpaired) electrons. The van der Waals surface area contributed by atoms with Crippen molar-refractivity contribution in [2.75, 3.05) is 19.7 Å². The molecule has 1 unspecified atom stereocenters. The highest BCUT2D eigenvalue weighted by Gasteiger charge is 2.30. The molecule has 1 aromatic carbocycles. The van der Waals surface area contributed by atoms with E-state index >= 15 is 0 Å². The molecule has 0 amide bonds. The van der Waals surface area contributed by atoms with Gasteiger partial charge in [-0.15, -0.1) is 0 Å². The summed E-state index contributed by atoms with van der Waals surface area (Å²) in [7, 11) is 0. The number of benzene rings is 1. The molecule has 0 bridgehead atoms. The molecule has 1 saturated carbocycles. The summed E-state index contributed by atoms with van der Waals surface area (Å²) in [5, 5.41) is 9.31. The average molecular weight is 245 g/mol. The predicted octanol–water partition coefficient (Wildman–Crippen LogP) is 2.77. The molecular formula is C16H23NO. The maximum absolute atomic E-state index is 9.31. The number of rotatable bonds is 5. The molecule has 1 aromatic rings. The number of aryl methyl sites for hydroxylation is 1. The molecule has 2 heteroatoms. The van der Waals surface area contributed by atoms with E-state index in [0.717, 1.165) is 12.5 Å². The van der Waals surface area contributed by atoms with E-state index in [9.17, 15) is 5.11 Å². The second-order valence-corrected chi connectivity index (χ2v) is 5.77. The first-order valence-corrected chi connectivity index (χ1v) is 7.31. The summed E-state index contributed by atoms with van der Waals surface area (Å²) in [6, 6.07) is 9.42. The van der Waals surface area contributed by atoms with Crippen LogP contribution in [0.3, 0.4) is 0 Å². The number of aliphatic hydroxyl groups excluding tert-OH is 1. The number of aliphatic hydroxyl groups is 1. The topological polar surface area (TPSA) is 23.5 Å². The second kappa shape index (κ2) is 5.41. The van der Waals surface area contributed by atoms with Crippen LogP contribution in [0, 0.1) is 5.92 Å². The normalized spacial score (nSPS) is 23.1. The van der Waals surface area contributed by atoms with Crippen LogP contribution in [0.4, 0.5) is 0 Å². The third-order valence-electron chi connectivity index (χ3n) is 4.36. The summed E-state index contributed by atoms with van der Waals surface area (Å²) in [6.45, 7) is 2.29. The van der Waals surface area contributed by atoms with Gasteiger partial charge in [-0.2, -0.15) is 0 Å². The molecule has 0 aromatic heterocycles. The molecule has 0 spiro atoms. The maximum Gasteiger partial charge on any atom is 0.0558 e. The minimum atomic E-state index is 0.283. The maximum atomic E-state index is 9.31. The molecule has 2 aliphatic carbocycles. The second-order valence-electron chi connectivity index (χ2n) is 5.77. The van der Waals surface area contributed by atoms with Crippen LogP contribution in [0.25, 0.3) is 0 Å². The van der Waals surface area contributed by atoms with Crippen LogP contribution < -0.4 is 0 Å². The van der Waals surface area contributed by atoms with E-state index in [-0.39, 0.29) is 6.61 Å². The highest BCUT2D eigenvalue weighted by Crippen LogP contribution is 2.37. The van der Waals surface area contributed by atoms with Crippen molar-refractivity contribution in [2.45, 2.75) is 38.1 Å². The van der Waals surface area contributed by atoms with Gasteiger partial charge in [-0.05, 0) is 49.1 Å². The van der Waals surface area contributed by atoms with Crippen LogP contribution in [0.15, 0.2) is 24.3 Å². The Balaban J connectivity index is 1.80. The van der Waals surface area contributed by atoms with Crippen molar-refractivity contribution >= 4 is 0 Å². The van der Waals surface area contributed by atoms with Gasteiger partial charge in [-0.1, -0.05) is 24.3 Å². The van der Waals surface area contributed by atoms with Gasteiger partial charge in [0.25, 0.3) is 0 Å². The van der Waals surface area contributed by atoms with Gasteiger partial charge in [0.1, 0.15) is 0 Å². The third-order valence-corrected chi connectivity index (χ3v) is 4.36. The lowest BCUT2D eigenvalue weighted by Gasteiger charge is -2.35. The van der Waals surface area contributed by atoms with Crippen molar-refractivity contribution in [3.63, 3.8) is 0 Å². The molecule has 18 heavy (non-hydrogen) atoms. The molecule has 98 valence electrons. The third kappa shape index (κ3) is 2.60. The summed E-state index contributed by atoms with van der Waals surface area (Å²) in [6.07, 6.45) is 6.54. The van der Waals surface area contributed by atoms with Crippen molar-refractivity contribution in [2.24, 2.45) is 5.92 Å². The van der Waals surface area contributed by atoms with E-state index in [1.165, 1.54) is 49.8 Å². The van der Waals surface area contributed by atoms with Gasteiger partial charge in [0.15, 0.2) is 0 Å². The average Bonchev–Trinajstić information content (AvgIpc) is 3.22. The van der Waals surface area contributed by atoms with E-state index in [2.05, 4.69) is 29.2 Å². The molecule has 0 aliphatic heterocycles. The lowest BCUT2D eigenvalue weighted by atomic mass is 9.86. The van der Waals surface area contributed by atoms with E-state index < -0.39 is 0 Å². The fourth-order valence-electron chi connectivity index (χ4n) is 3.24. The van der Waals surface area contributed by atoms with Crippen molar-refractivity contribution in [1.29, 1.82) is 0 Å². The number of fused-ring (bicyclic) bond motifs is 1. The highest BCUT2D eigenvalue weighted by atomic mass is 16.3. The Hall–Kier alpha value is -0.860. The molecule has 1 fully saturated rings. The first kappa shape index (κ1) is 12.2. The Morgan fingerprint density at radius 1 is 1.17 bits per heavy atom. The van der Waals surface area contributed by atoms with Gasteiger partial charge in [0.05, 0.1) is 6.61 Å².